The van der Waals surface area contributed by atoms with E-state index in [1.807, 2.05) is 55.8 Å². The van der Waals surface area contributed by atoms with Crippen LogP contribution in [0, 0.1) is 0 Å². The quantitative estimate of drug-likeness (QED) is 0.539. The van der Waals surface area contributed by atoms with Crippen LogP contribution >= 0.6 is 0 Å². The molecule has 0 radical (unpaired) electrons. The van der Waals surface area contributed by atoms with Crippen LogP contribution < -0.4 is 4.74 Å². The highest BCUT2D eigenvalue weighted by atomic mass is 16.5. The van der Waals surface area contributed by atoms with Crippen molar-refractivity contribution in [3.8, 4) is 5.75 Å². The highest BCUT2D eigenvalue weighted by molar-refractivity contribution is 6.28. The third kappa shape index (κ3) is 2.69. The molecule has 136 valence electrons. The first-order chi connectivity index (χ1) is 13.0. The van der Waals surface area contributed by atoms with Crippen molar-refractivity contribution in [3.05, 3.63) is 88.2 Å². The van der Waals surface area contributed by atoms with Crippen LogP contribution in [0.2, 0.25) is 0 Å². The molecule has 4 rings (SSSR count). The summed E-state index contributed by atoms with van der Waals surface area (Å²) >= 11 is 0. The van der Waals surface area contributed by atoms with Crippen LogP contribution in [0.25, 0.3) is 0 Å². The van der Waals surface area contributed by atoms with Crippen LogP contribution in [-0.4, -0.2) is 16.1 Å². The highest BCUT2D eigenvalue weighted by Gasteiger charge is 2.37. The van der Waals surface area contributed by atoms with E-state index in [-0.39, 0.29) is 17.5 Å². The van der Waals surface area contributed by atoms with Gasteiger partial charge in [0.15, 0.2) is 5.78 Å². The van der Waals surface area contributed by atoms with Crippen LogP contribution in [0.1, 0.15) is 63.0 Å². The minimum absolute atomic E-state index is 0.0783. The summed E-state index contributed by atoms with van der Waals surface area (Å²) in [5.41, 5.74) is 3.72. The van der Waals surface area contributed by atoms with E-state index in [2.05, 4.69) is 0 Å². The summed E-state index contributed by atoms with van der Waals surface area (Å²) in [7, 11) is 1.84. The number of para-hydroxylation sites is 1. The second kappa shape index (κ2) is 6.54. The number of carbonyl (C=O) groups excluding carboxylic acids is 2. The number of hydrogen-bond donors (Lipinski definition) is 0. The molecule has 0 aliphatic heterocycles. The lowest BCUT2D eigenvalue weighted by molar-refractivity contribution is 0.0973. The normalized spacial score (nSPS) is 12.9. The monoisotopic (exact) mass is 359 g/mol. The molecule has 1 heterocycles. The predicted octanol–water partition coefficient (Wildman–Crippen LogP) is 4.50. The third-order valence-corrected chi connectivity index (χ3v) is 5.11. The Balaban J connectivity index is 1.85. The summed E-state index contributed by atoms with van der Waals surface area (Å²) in [6.07, 6.45) is 0. The first-order valence-electron chi connectivity index (χ1n) is 9.08. The fraction of sp³-hybridized carbons (Fsp3) is 0.217. The maximum absolute atomic E-state index is 13.2. The lowest BCUT2D eigenvalue weighted by Crippen LogP contribution is -2.22. The second-order valence-electron chi connectivity index (χ2n) is 7.10. The van der Waals surface area contributed by atoms with Gasteiger partial charge in [-0.25, -0.2) is 0 Å². The minimum atomic E-state index is -0.101. The molecule has 27 heavy (non-hydrogen) atoms. The average molecular weight is 359 g/mol. The van der Waals surface area contributed by atoms with Gasteiger partial charge in [0.25, 0.3) is 0 Å². The van der Waals surface area contributed by atoms with E-state index in [9.17, 15) is 9.59 Å². The van der Waals surface area contributed by atoms with Gasteiger partial charge in [-0.3, -0.25) is 9.59 Å². The zero-order valence-corrected chi connectivity index (χ0v) is 15.7. The van der Waals surface area contributed by atoms with Gasteiger partial charge in [0, 0.05) is 18.2 Å². The van der Waals surface area contributed by atoms with Gasteiger partial charge in [-0.05, 0) is 23.6 Å². The van der Waals surface area contributed by atoms with Crippen molar-refractivity contribution >= 4 is 11.6 Å². The Morgan fingerprint density at radius 3 is 2.11 bits per heavy atom. The maximum atomic E-state index is 13.2. The van der Waals surface area contributed by atoms with E-state index in [1.165, 1.54) is 0 Å². The third-order valence-electron chi connectivity index (χ3n) is 5.11. The Labute approximate surface area is 158 Å². The molecule has 0 amide bonds. The topological polar surface area (TPSA) is 48.3 Å². The van der Waals surface area contributed by atoms with Gasteiger partial charge in [0.05, 0.1) is 11.3 Å². The van der Waals surface area contributed by atoms with E-state index < -0.39 is 0 Å². The molecule has 0 unspecified atom stereocenters. The zero-order valence-electron chi connectivity index (χ0n) is 15.7. The number of aromatic nitrogens is 1. The number of nitrogens with zero attached hydrogens (tertiary/aromatic N) is 1. The van der Waals surface area contributed by atoms with E-state index in [4.69, 9.17) is 4.74 Å². The molecule has 1 aromatic heterocycles. The number of rotatable bonds is 4. The molecule has 3 aromatic rings. The van der Waals surface area contributed by atoms with Crippen molar-refractivity contribution in [1.29, 1.82) is 0 Å². The largest absolute Gasteiger partial charge is 0.487 e. The average Bonchev–Trinajstić information content (AvgIpc) is 2.98. The van der Waals surface area contributed by atoms with Gasteiger partial charge in [0.2, 0.25) is 5.78 Å². The van der Waals surface area contributed by atoms with Crippen LogP contribution in [0.15, 0.2) is 54.6 Å². The zero-order chi connectivity index (χ0) is 19.1. The Bertz CT molecular complexity index is 1040. The Hall–Kier alpha value is -3.14. The fourth-order valence-electron chi connectivity index (χ4n) is 3.86. The van der Waals surface area contributed by atoms with Crippen molar-refractivity contribution in [2.24, 2.45) is 7.05 Å². The van der Waals surface area contributed by atoms with Crippen molar-refractivity contribution in [2.45, 2.75) is 26.4 Å². The van der Waals surface area contributed by atoms with Crippen molar-refractivity contribution in [1.82, 2.24) is 4.57 Å². The van der Waals surface area contributed by atoms with Crippen molar-refractivity contribution in [3.63, 3.8) is 0 Å². The first kappa shape index (κ1) is 17.3. The second-order valence-corrected chi connectivity index (χ2v) is 7.10. The molecule has 0 N–H and O–H groups in total. The number of fused-ring (bicyclic) bond motifs is 2. The van der Waals surface area contributed by atoms with Gasteiger partial charge < -0.3 is 9.30 Å². The summed E-state index contributed by atoms with van der Waals surface area (Å²) in [6, 6.07) is 16.6. The lowest BCUT2D eigenvalue weighted by atomic mass is 9.84. The van der Waals surface area contributed by atoms with E-state index >= 15 is 0 Å². The minimum Gasteiger partial charge on any atom is -0.487 e. The number of carbonyl (C=O) groups is 2. The Morgan fingerprint density at radius 2 is 1.48 bits per heavy atom. The molecule has 0 saturated carbocycles. The summed E-state index contributed by atoms with van der Waals surface area (Å²) in [5, 5.41) is 0. The van der Waals surface area contributed by atoms with Crippen LogP contribution in [0.4, 0.5) is 0 Å². The fourth-order valence-corrected chi connectivity index (χ4v) is 3.86. The number of benzene rings is 2. The number of ketones is 2. The molecular formula is C23H21NO3. The smallest absolute Gasteiger partial charge is 0.210 e. The van der Waals surface area contributed by atoms with E-state index in [1.54, 1.807) is 24.3 Å². The molecule has 1 aliphatic carbocycles. The van der Waals surface area contributed by atoms with Crippen LogP contribution in [0.5, 0.6) is 5.75 Å². The Kier molecular flexibility index (Phi) is 4.19. The molecule has 0 spiro atoms. The van der Waals surface area contributed by atoms with Crippen LogP contribution in [0.3, 0.4) is 0 Å². The molecular weight excluding hydrogens is 338 g/mol. The summed E-state index contributed by atoms with van der Waals surface area (Å²) in [4.78, 5) is 26.3. The van der Waals surface area contributed by atoms with E-state index in [0.29, 0.717) is 29.0 Å². The highest BCUT2D eigenvalue weighted by Crippen LogP contribution is 2.36. The molecule has 0 bridgehead atoms. The molecule has 1 aliphatic rings. The summed E-state index contributed by atoms with van der Waals surface area (Å²) in [5.74, 6) is 0.671. The molecule has 4 nitrogen and oxygen atoms in total. The van der Waals surface area contributed by atoms with Gasteiger partial charge in [-0.2, -0.15) is 0 Å². The maximum Gasteiger partial charge on any atom is 0.210 e. The van der Waals surface area contributed by atoms with Gasteiger partial charge in [0.1, 0.15) is 18.1 Å². The first-order valence-corrected chi connectivity index (χ1v) is 9.08. The van der Waals surface area contributed by atoms with Gasteiger partial charge in [-0.1, -0.05) is 56.3 Å². The SMILES string of the molecule is CC(C)c1c2c(n(C)c1COc1ccccc1)C(=O)c1ccccc1C2=O. The van der Waals surface area contributed by atoms with Crippen LogP contribution in [-0.2, 0) is 13.7 Å². The molecule has 4 heteroatoms. The summed E-state index contributed by atoms with van der Waals surface area (Å²) in [6.45, 7) is 4.39. The predicted molar refractivity (Wildman–Crippen MR) is 104 cm³/mol. The van der Waals surface area contributed by atoms with E-state index in [0.717, 1.165) is 17.0 Å². The molecule has 0 atom stereocenters. The summed E-state index contributed by atoms with van der Waals surface area (Å²) < 4.78 is 7.78. The standard InChI is InChI=1S/C23H21NO3/c1-14(2)19-18(13-27-15-9-5-4-6-10-15)24(3)21-20(19)22(25)16-11-7-8-12-17(16)23(21)26/h4-12,14H,13H2,1-3H3. The molecule has 0 fully saturated rings. The lowest BCUT2D eigenvalue weighted by Gasteiger charge is -2.17. The molecule has 2 aromatic carbocycles. The van der Waals surface area contributed by atoms with Gasteiger partial charge >= 0.3 is 0 Å². The Morgan fingerprint density at radius 1 is 0.889 bits per heavy atom. The number of ether oxygens (including phenoxy) is 1. The van der Waals surface area contributed by atoms with Crippen molar-refractivity contribution in [2.75, 3.05) is 0 Å². The molecule has 0 saturated heterocycles. The number of hydrogen-bond acceptors (Lipinski definition) is 3. The van der Waals surface area contributed by atoms with Gasteiger partial charge in [-0.15, -0.1) is 0 Å². The van der Waals surface area contributed by atoms with Crippen molar-refractivity contribution < 1.29 is 14.3 Å².